The SMILES string of the molecule is COC(=O)c1ccc2c(c1)nc(Nc1ccc([N+](=O)[O-])cc1)n2CC(C)C. The normalized spacial score (nSPS) is 11.0. The van der Waals surface area contributed by atoms with Crippen LogP contribution in [0.2, 0.25) is 0 Å². The summed E-state index contributed by atoms with van der Waals surface area (Å²) in [6.45, 7) is 4.93. The average molecular weight is 368 g/mol. The van der Waals surface area contributed by atoms with Crippen molar-refractivity contribution >= 4 is 34.3 Å². The zero-order chi connectivity index (χ0) is 19.6. The highest BCUT2D eigenvalue weighted by Crippen LogP contribution is 2.26. The molecule has 0 bridgehead atoms. The van der Waals surface area contributed by atoms with Crippen molar-refractivity contribution in [3.63, 3.8) is 0 Å². The first-order chi connectivity index (χ1) is 12.9. The fraction of sp³-hybridized carbons (Fsp3) is 0.263. The van der Waals surface area contributed by atoms with E-state index in [4.69, 9.17) is 4.74 Å². The van der Waals surface area contributed by atoms with E-state index >= 15 is 0 Å². The fourth-order valence-corrected chi connectivity index (χ4v) is 2.82. The molecular weight excluding hydrogens is 348 g/mol. The van der Waals surface area contributed by atoms with E-state index in [0.29, 0.717) is 28.6 Å². The molecule has 0 radical (unpaired) electrons. The minimum atomic E-state index is -0.438. The number of nitro benzene ring substituents is 1. The van der Waals surface area contributed by atoms with Gasteiger partial charge < -0.3 is 14.6 Å². The van der Waals surface area contributed by atoms with Crippen LogP contribution in [0.4, 0.5) is 17.3 Å². The molecule has 0 aliphatic heterocycles. The predicted octanol–water partition coefficient (Wildman–Crippen LogP) is 4.13. The van der Waals surface area contributed by atoms with Crippen molar-refractivity contribution in [2.75, 3.05) is 12.4 Å². The molecule has 27 heavy (non-hydrogen) atoms. The number of carbonyl (C=O) groups excluding carboxylic acids is 1. The molecule has 0 amide bonds. The van der Waals surface area contributed by atoms with Gasteiger partial charge >= 0.3 is 5.97 Å². The Bertz CT molecular complexity index is 993. The molecular formula is C19H20N4O4. The lowest BCUT2D eigenvalue weighted by molar-refractivity contribution is -0.384. The van der Waals surface area contributed by atoms with Crippen molar-refractivity contribution in [3.8, 4) is 0 Å². The smallest absolute Gasteiger partial charge is 0.337 e. The van der Waals surface area contributed by atoms with Crippen LogP contribution in [-0.2, 0) is 11.3 Å². The Hall–Kier alpha value is -3.42. The van der Waals surface area contributed by atoms with Crippen LogP contribution < -0.4 is 5.32 Å². The third-order valence-corrected chi connectivity index (χ3v) is 4.05. The molecule has 0 spiro atoms. The number of ether oxygens (including phenoxy) is 1. The van der Waals surface area contributed by atoms with Crippen molar-refractivity contribution in [2.45, 2.75) is 20.4 Å². The van der Waals surface area contributed by atoms with Gasteiger partial charge in [0.15, 0.2) is 0 Å². The second kappa shape index (κ2) is 7.45. The lowest BCUT2D eigenvalue weighted by atomic mass is 10.2. The number of nitrogens with zero attached hydrogens (tertiary/aromatic N) is 3. The van der Waals surface area contributed by atoms with E-state index in [2.05, 4.69) is 24.1 Å². The molecule has 8 nitrogen and oxygen atoms in total. The van der Waals surface area contributed by atoms with Gasteiger partial charge in [0.2, 0.25) is 5.95 Å². The Morgan fingerprint density at radius 3 is 2.56 bits per heavy atom. The highest BCUT2D eigenvalue weighted by molar-refractivity contribution is 5.94. The molecule has 3 rings (SSSR count). The molecule has 0 saturated heterocycles. The van der Waals surface area contributed by atoms with Gasteiger partial charge in [-0.25, -0.2) is 9.78 Å². The minimum Gasteiger partial charge on any atom is -0.465 e. The molecule has 0 aliphatic rings. The van der Waals surface area contributed by atoms with Gasteiger partial charge in [-0.05, 0) is 36.2 Å². The number of aromatic nitrogens is 2. The molecule has 1 aromatic heterocycles. The number of fused-ring (bicyclic) bond motifs is 1. The van der Waals surface area contributed by atoms with Crippen LogP contribution in [0.25, 0.3) is 11.0 Å². The monoisotopic (exact) mass is 368 g/mol. The number of esters is 1. The van der Waals surface area contributed by atoms with E-state index in [1.54, 1.807) is 24.3 Å². The van der Waals surface area contributed by atoms with Gasteiger partial charge in [-0.15, -0.1) is 0 Å². The number of carbonyl (C=O) groups is 1. The summed E-state index contributed by atoms with van der Waals surface area (Å²) in [7, 11) is 1.34. The highest BCUT2D eigenvalue weighted by atomic mass is 16.6. The lowest BCUT2D eigenvalue weighted by Crippen LogP contribution is -2.08. The molecule has 0 aliphatic carbocycles. The Morgan fingerprint density at radius 1 is 1.26 bits per heavy atom. The van der Waals surface area contributed by atoms with Gasteiger partial charge in [0, 0.05) is 24.4 Å². The highest BCUT2D eigenvalue weighted by Gasteiger charge is 2.15. The maximum atomic E-state index is 11.8. The molecule has 0 saturated carbocycles. The lowest BCUT2D eigenvalue weighted by Gasteiger charge is -2.13. The maximum absolute atomic E-state index is 11.8. The number of rotatable bonds is 6. The number of nitro groups is 1. The Morgan fingerprint density at radius 2 is 1.96 bits per heavy atom. The van der Waals surface area contributed by atoms with Gasteiger partial charge in [-0.2, -0.15) is 0 Å². The van der Waals surface area contributed by atoms with E-state index < -0.39 is 10.9 Å². The van der Waals surface area contributed by atoms with Crippen molar-refractivity contribution in [1.82, 2.24) is 9.55 Å². The number of hydrogen-bond donors (Lipinski definition) is 1. The number of nitrogens with one attached hydrogen (secondary N) is 1. The van der Waals surface area contributed by atoms with E-state index in [0.717, 1.165) is 12.1 Å². The van der Waals surface area contributed by atoms with Crippen LogP contribution in [-0.4, -0.2) is 27.6 Å². The summed E-state index contributed by atoms with van der Waals surface area (Å²) < 4.78 is 6.80. The molecule has 2 aromatic carbocycles. The van der Waals surface area contributed by atoms with Gasteiger partial charge in [0.05, 0.1) is 28.6 Å². The van der Waals surface area contributed by atoms with E-state index in [1.807, 2.05) is 10.6 Å². The quantitative estimate of drug-likeness (QED) is 0.399. The predicted molar refractivity (Wildman–Crippen MR) is 102 cm³/mol. The number of methoxy groups -OCH3 is 1. The summed E-state index contributed by atoms with van der Waals surface area (Å²) in [6, 6.07) is 11.4. The summed E-state index contributed by atoms with van der Waals surface area (Å²) in [5.41, 5.74) is 2.71. The molecule has 140 valence electrons. The number of anilines is 2. The Kier molecular flexibility index (Phi) is 5.07. The van der Waals surface area contributed by atoms with Gasteiger partial charge in [-0.1, -0.05) is 13.8 Å². The standard InChI is InChI=1S/C19H20N4O4/c1-12(2)11-22-17-9-4-13(18(24)27-3)10-16(17)21-19(22)20-14-5-7-15(8-6-14)23(25)26/h4-10,12H,11H2,1-3H3,(H,20,21). The summed E-state index contributed by atoms with van der Waals surface area (Å²) in [4.78, 5) is 26.8. The molecule has 3 aromatic rings. The number of benzene rings is 2. The van der Waals surface area contributed by atoms with E-state index in [1.165, 1.54) is 19.2 Å². The molecule has 0 unspecified atom stereocenters. The summed E-state index contributed by atoms with van der Waals surface area (Å²) in [5.74, 6) is 0.565. The number of non-ortho nitro benzene ring substituents is 1. The topological polar surface area (TPSA) is 99.3 Å². The zero-order valence-electron chi connectivity index (χ0n) is 15.3. The van der Waals surface area contributed by atoms with Crippen molar-refractivity contribution in [3.05, 3.63) is 58.1 Å². The van der Waals surface area contributed by atoms with Crippen LogP contribution >= 0.6 is 0 Å². The first-order valence-corrected chi connectivity index (χ1v) is 8.49. The maximum Gasteiger partial charge on any atom is 0.337 e. The van der Waals surface area contributed by atoms with Crippen LogP contribution in [0.5, 0.6) is 0 Å². The van der Waals surface area contributed by atoms with Crippen LogP contribution in [0.1, 0.15) is 24.2 Å². The second-order valence-corrected chi connectivity index (χ2v) is 6.56. The third-order valence-electron chi connectivity index (χ3n) is 4.05. The Balaban J connectivity index is 2.01. The third kappa shape index (κ3) is 3.89. The summed E-state index contributed by atoms with van der Waals surface area (Å²) in [6.07, 6.45) is 0. The minimum absolute atomic E-state index is 0.0268. The first-order valence-electron chi connectivity index (χ1n) is 8.49. The van der Waals surface area contributed by atoms with Crippen molar-refractivity contribution < 1.29 is 14.5 Å². The number of hydrogen-bond acceptors (Lipinski definition) is 6. The molecule has 0 atom stereocenters. The van der Waals surface area contributed by atoms with E-state index in [9.17, 15) is 14.9 Å². The average Bonchev–Trinajstić information content (AvgIpc) is 2.97. The largest absolute Gasteiger partial charge is 0.465 e. The van der Waals surface area contributed by atoms with Crippen LogP contribution in [0.15, 0.2) is 42.5 Å². The first kappa shape index (κ1) is 18.4. The Labute approximate surface area is 155 Å². The molecule has 0 fully saturated rings. The molecule has 1 N–H and O–H groups in total. The van der Waals surface area contributed by atoms with Crippen molar-refractivity contribution in [1.29, 1.82) is 0 Å². The van der Waals surface area contributed by atoms with Gasteiger partial charge in [0.1, 0.15) is 0 Å². The summed E-state index contributed by atoms with van der Waals surface area (Å²) >= 11 is 0. The van der Waals surface area contributed by atoms with Crippen LogP contribution in [0, 0.1) is 16.0 Å². The summed E-state index contributed by atoms with van der Waals surface area (Å²) in [5, 5.41) is 14.0. The molecule has 1 heterocycles. The van der Waals surface area contributed by atoms with E-state index in [-0.39, 0.29) is 5.69 Å². The van der Waals surface area contributed by atoms with Gasteiger partial charge in [0.25, 0.3) is 5.69 Å². The van der Waals surface area contributed by atoms with Crippen LogP contribution in [0.3, 0.4) is 0 Å². The number of imidazole rings is 1. The van der Waals surface area contributed by atoms with Crippen molar-refractivity contribution in [2.24, 2.45) is 5.92 Å². The van der Waals surface area contributed by atoms with Gasteiger partial charge in [-0.3, -0.25) is 10.1 Å². The second-order valence-electron chi connectivity index (χ2n) is 6.56. The molecule has 8 heteroatoms. The zero-order valence-corrected chi connectivity index (χ0v) is 15.3. The fourth-order valence-electron chi connectivity index (χ4n) is 2.82.